The number of fused-ring (bicyclic) bond motifs is 2. The Morgan fingerprint density at radius 1 is 1.14 bits per heavy atom. The molecule has 0 bridgehead atoms. The van der Waals surface area contributed by atoms with Gasteiger partial charge < -0.3 is 4.90 Å². The molecule has 0 aliphatic carbocycles. The van der Waals surface area contributed by atoms with Crippen molar-refractivity contribution in [1.29, 1.82) is 0 Å². The average molecular weight is 318 g/mol. The number of ketones is 1. The molecular formula is C17H16ClNOS. The molecule has 0 unspecified atom stereocenters. The molecule has 0 aromatic heterocycles. The highest BCUT2D eigenvalue weighted by Crippen LogP contribution is 2.48. The number of halogens is 1. The number of hydrogen-bond donors (Lipinski definition) is 0. The van der Waals surface area contributed by atoms with Crippen LogP contribution in [0.4, 0.5) is 11.4 Å². The maximum absolute atomic E-state index is 11.7. The second-order valence-electron chi connectivity index (χ2n) is 5.00. The van der Waals surface area contributed by atoms with Gasteiger partial charge in [-0.1, -0.05) is 30.0 Å². The molecule has 0 amide bonds. The molecule has 21 heavy (non-hydrogen) atoms. The van der Waals surface area contributed by atoms with E-state index in [0.29, 0.717) is 5.88 Å². The van der Waals surface area contributed by atoms with Crippen LogP contribution in [0.25, 0.3) is 0 Å². The SMILES string of the molecule is CC(=O)c1ccc2c(c1)N(CCCCl)c1ccccc1S2. The maximum atomic E-state index is 11.7. The molecule has 4 heteroatoms. The van der Waals surface area contributed by atoms with Crippen molar-refractivity contribution in [3.63, 3.8) is 0 Å². The first-order valence-electron chi connectivity index (χ1n) is 6.96. The van der Waals surface area contributed by atoms with Gasteiger partial charge in [-0.05, 0) is 37.6 Å². The Kier molecular flexibility index (Phi) is 4.22. The number of Topliss-reactive ketones (excluding diaryl/α,β-unsaturated/α-hetero) is 1. The van der Waals surface area contributed by atoms with Crippen molar-refractivity contribution >= 4 is 40.5 Å². The topological polar surface area (TPSA) is 20.3 Å². The molecule has 0 atom stereocenters. The minimum absolute atomic E-state index is 0.0963. The van der Waals surface area contributed by atoms with Crippen molar-refractivity contribution in [2.75, 3.05) is 17.3 Å². The molecule has 1 aliphatic rings. The molecular weight excluding hydrogens is 302 g/mol. The first-order valence-corrected chi connectivity index (χ1v) is 8.31. The van der Waals surface area contributed by atoms with Gasteiger partial charge in [0.15, 0.2) is 5.78 Å². The predicted molar refractivity (Wildman–Crippen MR) is 89.4 cm³/mol. The summed E-state index contributed by atoms with van der Waals surface area (Å²) in [5.41, 5.74) is 3.06. The summed E-state index contributed by atoms with van der Waals surface area (Å²) in [6, 6.07) is 14.3. The van der Waals surface area contributed by atoms with Gasteiger partial charge in [0.1, 0.15) is 0 Å². The first-order chi connectivity index (χ1) is 10.2. The first kappa shape index (κ1) is 14.5. The molecule has 2 aromatic rings. The predicted octanol–water partition coefficient (Wildman–Crippen LogP) is 5.12. The van der Waals surface area contributed by atoms with Crippen LogP contribution in [0, 0.1) is 0 Å². The molecule has 2 aromatic carbocycles. The van der Waals surface area contributed by atoms with Crippen LogP contribution in [0.5, 0.6) is 0 Å². The van der Waals surface area contributed by atoms with Gasteiger partial charge in [0.2, 0.25) is 0 Å². The Hall–Kier alpha value is -1.45. The molecule has 1 heterocycles. The number of alkyl halides is 1. The van der Waals surface area contributed by atoms with Gasteiger partial charge in [0.25, 0.3) is 0 Å². The molecule has 108 valence electrons. The third kappa shape index (κ3) is 2.81. The maximum Gasteiger partial charge on any atom is 0.159 e. The van der Waals surface area contributed by atoms with Gasteiger partial charge in [-0.3, -0.25) is 4.79 Å². The Labute approximate surface area is 134 Å². The molecule has 0 radical (unpaired) electrons. The van der Waals surface area contributed by atoms with E-state index in [1.807, 2.05) is 24.3 Å². The zero-order valence-electron chi connectivity index (χ0n) is 11.8. The number of nitrogens with zero attached hydrogens (tertiary/aromatic N) is 1. The quantitative estimate of drug-likeness (QED) is 0.576. The number of hydrogen-bond acceptors (Lipinski definition) is 3. The van der Waals surface area contributed by atoms with E-state index in [1.165, 1.54) is 15.5 Å². The van der Waals surface area contributed by atoms with Crippen molar-refractivity contribution in [2.24, 2.45) is 0 Å². The highest BCUT2D eigenvalue weighted by Gasteiger charge is 2.23. The Bertz CT molecular complexity index is 686. The number of benzene rings is 2. The summed E-state index contributed by atoms with van der Waals surface area (Å²) < 4.78 is 0. The van der Waals surface area contributed by atoms with Crippen LogP contribution < -0.4 is 4.90 Å². The van der Waals surface area contributed by atoms with E-state index in [0.717, 1.165) is 24.2 Å². The Balaban J connectivity index is 2.09. The Morgan fingerprint density at radius 2 is 1.90 bits per heavy atom. The van der Waals surface area contributed by atoms with E-state index in [4.69, 9.17) is 11.6 Å². The molecule has 1 aliphatic heterocycles. The standard InChI is InChI=1S/C17H16ClNOS/c1-12(20)13-7-8-17-15(11-13)19(10-4-9-18)14-5-2-3-6-16(14)21-17/h2-3,5-8,11H,4,9-10H2,1H3. The fraction of sp³-hybridized carbons (Fsp3) is 0.235. The third-order valence-electron chi connectivity index (χ3n) is 3.55. The smallest absolute Gasteiger partial charge is 0.159 e. The highest BCUT2D eigenvalue weighted by molar-refractivity contribution is 7.99. The van der Waals surface area contributed by atoms with Gasteiger partial charge >= 0.3 is 0 Å². The van der Waals surface area contributed by atoms with Crippen LogP contribution in [0.1, 0.15) is 23.7 Å². The van der Waals surface area contributed by atoms with Gasteiger partial charge in [-0.25, -0.2) is 0 Å². The van der Waals surface area contributed by atoms with E-state index in [2.05, 4.69) is 23.1 Å². The second kappa shape index (κ2) is 6.12. The van der Waals surface area contributed by atoms with E-state index >= 15 is 0 Å². The number of para-hydroxylation sites is 1. The minimum Gasteiger partial charge on any atom is -0.340 e. The fourth-order valence-corrected chi connectivity index (χ4v) is 3.70. The molecule has 0 saturated carbocycles. The van der Waals surface area contributed by atoms with E-state index in [1.54, 1.807) is 18.7 Å². The summed E-state index contributed by atoms with van der Waals surface area (Å²) in [7, 11) is 0. The highest BCUT2D eigenvalue weighted by atomic mass is 35.5. The second-order valence-corrected chi connectivity index (χ2v) is 6.46. The lowest BCUT2D eigenvalue weighted by molar-refractivity contribution is 0.101. The largest absolute Gasteiger partial charge is 0.340 e. The van der Waals surface area contributed by atoms with Gasteiger partial charge in [-0.15, -0.1) is 11.6 Å². The number of carbonyl (C=O) groups is 1. The zero-order chi connectivity index (χ0) is 14.8. The number of anilines is 2. The molecule has 0 N–H and O–H groups in total. The lowest BCUT2D eigenvalue weighted by atomic mass is 10.1. The lowest BCUT2D eigenvalue weighted by Crippen LogP contribution is -2.22. The lowest BCUT2D eigenvalue weighted by Gasteiger charge is -2.33. The number of rotatable bonds is 4. The molecule has 2 nitrogen and oxygen atoms in total. The monoisotopic (exact) mass is 317 g/mol. The normalized spacial score (nSPS) is 12.8. The minimum atomic E-state index is 0.0963. The van der Waals surface area contributed by atoms with E-state index < -0.39 is 0 Å². The van der Waals surface area contributed by atoms with Crippen LogP contribution in [-0.2, 0) is 0 Å². The van der Waals surface area contributed by atoms with E-state index in [-0.39, 0.29) is 5.78 Å². The fourth-order valence-electron chi connectivity index (χ4n) is 2.51. The summed E-state index contributed by atoms with van der Waals surface area (Å²) in [4.78, 5) is 16.4. The van der Waals surface area contributed by atoms with Crippen LogP contribution in [0.3, 0.4) is 0 Å². The average Bonchev–Trinajstić information content (AvgIpc) is 2.50. The molecule has 0 spiro atoms. The summed E-state index contributed by atoms with van der Waals surface area (Å²) in [6.07, 6.45) is 0.907. The Morgan fingerprint density at radius 3 is 2.67 bits per heavy atom. The van der Waals surface area contributed by atoms with Crippen molar-refractivity contribution < 1.29 is 4.79 Å². The van der Waals surface area contributed by atoms with Crippen LogP contribution in [-0.4, -0.2) is 18.2 Å². The van der Waals surface area contributed by atoms with Crippen LogP contribution in [0.2, 0.25) is 0 Å². The van der Waals surface area contributed by atoms with Crippen molar-refractivity contribution in [3.05, 3.63) is 48.0 Å². The van der Waals surface area contributed by atoms with Crippen molar-refractivity contribution in [1.82, 2.24) is 0 Å². The molecule has 0 saturated heterocycles. The van der Waals surface area contributed by atoms with Gasteiger partial charge in [-0.2, -0.15) is 0 Å². The van der Waals surface area contributed by atoms with Crippen LogP contribution >= 0.6 is 23.4 Å². The summed E-state index contributed by atoms with van der Waals surface area (Å²) >= 11 is 7.62. The summed E-state index contributed by atoms with van der Waals surface area (Å²) in [5.74, 6) is 0.729. The molecule has 0 fully saturated rings. The molecule has 3 rings (SSSR count). The third-order valence-corrected chi connectivity index (χ3v) is 4.95. The number of carbonyl (C=O) groups excluding carboxylic acids is 1. The van der Waals surface area contributed by atoms with Crippen LogP contribution in [0.15, 0.2) is 52.3 Å². The summed E-state index contributed by atoms with van der Waals surface area (Å²) in [5, 5.41) is 0. The summed E-state index contributed by atoms with van der Waals surface area (Å²) in [6.45, 7) is 2.46. The van der Waals surface area contributed by atoms with Gasteiger partial charge in [0.05, 0.1) is 11.4 Å². The van der Waals surface area contributed by atoms with Crippen molar-refractivity contribution in [2.45, 2.75) is 23.1 Å². The zero-order valence-corrected chi connectivity index (χ0v) is 13.4. The van der Waals surface area contributed by atoms with Gasteiger partial charge in [0, 0.05) is 27.8 Å². The van der Waals surface area contributed by atoms with Crippen molar-refractivity contribution in [3.8, 4) is 0 Å². The van der Waals surface area contributed by atoms with E-state index in [9.17, 15) is 4.79 Å².